The lowest BCUT2D eigenvalue weighted by atomic mass is 10.1. The van der Waals surface area contributed by atoms with Gasteiger partial charge in [0.05, 0.1) is 23.9 Å². The number of halogens is 4. The maximum absolute atomic E-state index is 14.1. The molecule has 1 aromatic heterocycles. The second-order valence-corrected chi connectivity index (χ2v) is 9.17. The van der Waals surface area contributed by atoms with E-state index in [0.717, 1.165) is 6.07 Å². The minimum absolute atomic E-state index is 0.0344. The summed E-state index contributed by atoms with van der Waals surface area (Å²) in [5.41, 5.74) is -1.33. The molecule has 2 heterocycles. The number of amides is 3. The lowest BCUT2D eigenvalue weighted by molar-refractivity contribution is -0.138. The molecule has 0 saturated carbocycles. The van der Waals surface area contributed by atoms with Crippen LogP contribution in [0.25, 0.3) is 0 Å². The summed E-state index contributed by atoms with van der Waals surface area (Å²) < 4.78 is 58.9. The van der Waals surface area contributed by atoms with Crippen LogP contribution in [0, 0.1) is 0 Å². The van der Waals surface area contributed by atoms with Crippen molar-refractivity contribution in [1.82, 2.24) is 15.2 Å². The van der Waals surface area contributed by atoms with Crippen LogP contribution in [0.5, 0.6) is 17.2 Å². The number of benzene rings is 2. The molecule has 2 aromatic carbocycles. The van der Waals surface area contributed by atoms with Gasteiger partial charge in [-0.05, 0) is 30.3 Å². The number of alkyl halides is 3. The number of aromatic nitrogens is 1. The van der Waals surface area contributed by atoms with Crippen LogP contribution in [0.15, 0.2) is 54.7 Å². The van der Waals surface area contributed by atoms with Crippen LogP contribution in [0.4, 0.5) is 29.3 Å². The fraction of sp³-hybridized carbons (Fsp3) is 0.296. The summed E-state index contributed by atoms with van der Waals surface area (Å²) >= 11 is 6.09. The van der Waals surface area contributed by atoms with E-state index in [-0.39, 0.29) is 23.0 Å². The van der Waals surface area contributed by atoms with Crippen LogP contribution in [0.3, 0.4) is 0 Å². The molecule has 0 unspecified atom stereocenters. The van der Waals surface area contributed by atoms with Gasteiger partial charge in [0.25, 0.3) is 5.91 Å². The van der Waals surface area contributed by atoms with Gasteiger partial charge in [0.1, 0.15) is 29.4 Å². The van der Waals surface area contributed by atoms with Gasteiger partial charge in [-0.25, -0.2) is 4.79 Å². The van der Waals surface area contributed by atoms with Crippen LogP contribution in [-0.4, -0.2) is 68.3 Å². The van der Waals surface area contributed by atoms with Gasteiger partial charge in [-0.2, -0.15) is 13.2 Å². The summed E-state index contributed by atoms with van der Waals surface area (Å²) in [7, 11) is 1.47. The molecule has 0 radical (unpaired) electrons. The molecule has 1 aliphatic heterocycles. The maximum atomic E-state index is 14.1. The normalized spacial score (nSPS) is 13.8. The molecule has 10 nitrogen and oxygen atoms in total. The minimum Gasteiger partial charge on any atom is -0.490 e. The molecule has 1 fully saturated rings. The number of hydrogen-bond acceptors (Lipinski definition) is 7. The fourth-order valence-corrected chi connectivity index (χ4v) is 4.18. The van der Waals surface area contributed by atoms with E-state index in [0.29, 0.717) is 44.3 Å². The van der Waals surface area contributed by atoms with Crippen molar-refractivity contribution in [2.75, 3.05) is 57.1 Å². The number of rotatable bonds is 9. The van der Waals surface area contributed by atoms with Gasteiger partial charge in [-0.1, -0.05) is 17.7 Å². The number of hydrogen-bond donors (Lipinski definition) is 3. The summed E-state index contributed by atoms with van der Waals surface area (Å²) in [6.07, 6.45) is -3.46. The molecule has 3 N–H and O–H groups in total. The van der Waals surface area contributed by atoms with Gasteiger partial charge < -0.3 is 30.2 Å². The molecule has 1 saturated heterocycles. The topological polar surface area (TPSA) is 114 Å². The van der Waals surface area contributed by atoms with Crippen LogP contribution < -0.4 is 25.4 Å². The molecule has 1 aliphatic rings. The quantitative estimate of drug-likeness (QED) is 0.310. The molecule has 41 heavy (non-hydrogen) atoms. The Labute approximate surface area is 238 Å². The van der Waals surface area contributed by atoms with Crippen molar-refractivity contribution in [3.8, 4) is 17.2 Å². The molecule has 14 heteroatoms. The highest BCUT2D eigenvalue weighted by molar-refractivity contribution is 6.32. The molecular weight excluding hydrogens is 567 g/mol. The number of ether oxygens (including phenoxy) is 3. The highest BCUT2D eigenvalue weighted by atomic mass is 35.5. The van der Waals surface area contributed by atoms with Crippen molar-refractivity contribution >= 4 is 34.9 Å². The van der Waals surface area contributed by atoms with Crippen LogP contribution >= 0.6 is 11.6 Å². The second kappa shape index (κ2) is 13.5. The zero-order valence-corrected chi connectivity index (χ0v) is 22.6. The van der Waals surface area contributed by atoms with Gasteiger partial charge in [-0.15, -0.1) is 0 Å². The number of pyridine rings is 1. The number of nitrogens with zero attached hydrogens (tertiary/aromatic N) is 2. The summed E-state index contributed by atoms with van der Waals surface area (Å²) in [6.45, 7) is 2.74. The fourth-order valence-electron chi connectivity index (χ4n) is 3.97. The van der Waals surface area contributed by atoms with Gasteiger partial charge in [-0.3, -0.25) is 14.7 Å². The number of carbonyl (C=O) groups is 2. The highest BCUT2D eigenvalue weighted by Crippen LogP contribution is 2.45. The third kappa shape index (κ3) is 8.22. The zero-order chi connectivity index (χ0) is 29.4. The van der Waals surface area contributed by atoms with Crippen LogP contribution in [0.2, 0.25) is 5.02 Å². The molecule has 218 valence electrons. The number of morpholine rings is 1. The van der Waals surface area contributed by atoms with Crippen molar-refractivity contribution < 1.29 is 37.0 Å². The zero-order valence-electron chi connectivity index (χ0n) is 21.9. The van der Waals surface area contributed by atoms with Gasteiger partial charge >= 0.3 is 12.2 Å². The standard InChI is InChI=1S/C27H27ClF3N5O5/c1-32-25(37)22-16-19(7-8-33-22)41-18-4-2-3-17(15-18)34-26(38)35-21-6-5-20(28)24(23(21)27(29,30)31)40-14-11-36-9-12-39-13-10-36/h2-8,15-16H,9-14H2,1H3,(H,32,37)(H2,34,35,38). The predicted octanol–water partition coefficient (Wildman–Crippen LogP) is 5.26. The minimum atomic E-state index is -4.87. The first-order valence-corrected chi connectivity index (χ1v) is 12.9. The van der Waals surface area contributed by atoms with E-state index < -0.39 is 35.1 Å². The Kier molecular flexibility index (Phi) is 9.86. The molecule has 0 atom stereocenters. The molecule has 4 rings (SSSR count). The third-order valence-electron chi connectivity index (χ3n) is 5.92. The maximum Gasteiger partial charge on any atom is 0.422 e. The van der Waals surface area contributed by atoms with Crippen LogP contribution in [-0.2, 0) is 10.9 Å². The summed E-state index contributed by atoms with van der Waals surface area (Å²) in [5, 5.41) is 6.96. The summed E-state index contributed by atoms with van der Waals surface area (Å²) in [4.78, 5) is 30.5. The molecule has 3 amide bonds. The van der Waals surface area contributed by atoms with Crippen LogP contribution in [0.1, 0.15) is 16.1 Å². The van der Waals surface area contributed by atoms with E-state index in [9.17, 15) is 22.8 Å². The van der Waals surface area contributed by atoms with Gasteiger partial charge in [0.15, 0.2) is 5.75 Å². The first-order chi connectivity index (χ1) is 19.6. The van der Waals surface area contributed by atoms with E-state index in [1.54, 1.807) is 18.2 Å². The Bertz CT molecular complexity index is 1390. The largest absolute Gasteiger partial charge is 0.490 e. The van der Waals surface area contributed by atoms with Crippen molar-refractivity contribution in [3.05, 3.63) is 71.0 Å². The molecule has 0 spiro atoms. The number of nitrogens with one attached hydrogen (secondary N) is 3. The Morgan fingerprint density at radius 2 is 1.83 bits per heavy atom. The molecule has 0 aliphatic carbocycles. The third-order valence-corrected chi connectivity index (χ3v) is 6.22. The smallest absolute Gasteiger partial charge is 0.422 e. The molecule has 0 bridgehead atoms. The Hall–Kier alpha value is -4.07. The monoisotopic (exact) mass is 593 g/mol. The number of carbonyl (C=O) groups excluding carboxylic acids is 2. The van der Waals surface area contributed by atoms with Gasteiger partial charge in [0, 0.05) is 50.7 Å². The average molecular weight is 594 g/mol. The lowest BCUT2D eigenvalue weighted by Crippen LogP contribution is -2.38. The van der Waals surface area contributed by atoms with Gasteiger partial charge in [0.2, 0.25) is 0 Å². The van der Waals surface area contributed by atoms with Crippen molar-refractivity contribution in [1.29, 1.82) is 0 Å². The van der Waals surface area contributed by atoms with E-state index in [1.165, 1.54) is 37.5 Å². The first-order valence-electron chi connectivity index (χ1n) is 12.5. The Morgan fingerprint density at radius 3 is 2.56 bits per heavy atom. The lowest BCUT2D eigenvalue weighted by Gasteiger charge is -2.27. The molecule has 3 aromatic rings. The Balaban J connectivity index is 1.45. The van der Waals surface area contributed by atoms with E-state index in [2.05, 4.69) is 20.9 Å². The molecular formula is C27H27ClF3N5O5. The van der Waals surface area contributed by atoms with E-state index >= 15 is 0 Å². The van der Waals surface area contributed by atoms with E-state index in [4.69, 9.17) is 25.8 Å². The van der Waals surface area contributed by atoms with Crippen molar-refractivity contribution in [2.45, 2.75) is 6.18 Å². The summed E-state index contributed by atoms with van der Waals surface area (Å²) in [6, 6.07) is 10.5. The van der Waals surface area contributed by atoms with Crippen molar-refractivity contribution in [3.63, 3.8) is 0 Å². The SMILES string of the molecule is CNC(=O)c1cc(Oc2cccc(NC(=O)Nc3ccc(Cl)c(OCCN4CCOCC4)c3C(F)(F)F)c2)ccn1. The number of anilines is 2. The van der Waals surface area contributed by atoms with E-state index in [1.807, 2.05) is 4.90 Å². The van der Waals surface area contributed by atoms with Crippen molar-refractivity contribution in [2.24, 2.45) is 0 Å². The highest BCUT2D eigenvalue weighted by Gasteiger charge is 2.39. The second-order valence-electron chi connectivity index (χ2n) is 8.76. The number of urea groups is 1. The first kappa shape index (κ1) is 29.9. The Morgan fingerprint density at radius 1 is 1.07 bits per heavy atom. The predicted molar refractivity (Wildman–Crippen MR) is 146 cm³/mol. The average Bonchev–Trinajstić information content (AvgIpc) is 2.94. The summed E-state index contributed by atoms with van der Waals surface area (Å²) in [5.74, 6) is -0.338.